The fraction of sp³-hybridized carbons (Fsp3) is 0.929. The molecule has 4 atom stereocenters. The summed E-state index contributed by atoms with van der Waals surface area (Å²) >= 11 is 0. The SMILES string of the molecule is CC1CCCC(NC2CCCCNC2=O)C1C. The standard InChI is InChI=1S/C14H26N2O/c1-10-6-5-8-12(11(10)2)16-13-7-3-4-9-15-14(13)17/h10-13,16H,3-9H2,1-2H3,(H,15,17). The molecule has 0 aromatic carbocycles. The summed E-state index contributed by atoms with van der Waals surface area (Å²) in [6.07, 6.45) is 7.17. The molecule has 4 unspecified atom stereocenters. The van der Waals surface area contributed by atoms with E-state index >= 15 is 0 Å². The highest BCUT2D eigenvalue weighted by molar-refractivity contribution is 5.81. The predicted molar refractivity (Wildman–Crippen MR) is 69.8 cm³/mol. The Balaban J connectivity index is 1.91. The quantitative estimate of drug-likeness (QED) is 0.773. The van der Waals surface area contributed by atoms with Crippen molar-refractivity contribution in [1.82, 2.24) is 10.6 Å². The number of amides is 1. The summed E-state index contributed by atoms with van der Waals surface area (Å²) in [6, 6.07) is 0.586. The Bertz CT molecular complexity index is 267. The summed E-state index contributed by atoms with van der Waals surface area (Å²) in [7, 11) is 0. The maximum atomic E-state index is 11.9. The maximum absolute atomic E-state index is 11.9. The molecule has 1 heterocycles. The van der Waals surface area contributed by atoms with E-state index in [1.807, 2.05) is 0 Å². The highest BCUT2D eigenvalue weighted by Crippen LogP contribution is 2.30. The molecule has 0 aromatic rings. The molecule has 2 rings (SSSR count). The summed E-state index contributed by atoms with van der Waals surface area (Å²) in [5, 5.41) is 6.62. The van der Waals surface area contributed by atoms with Crippen molar-refractivity contribution in [1.29, 1.82) is 0 Å². The van der Waals surface area contributed by atoms with Gasteiger partial charge in [-0.05, 0) is 37.5 Å². The van der Waals surface area contributed by atoms with Gasteiger partial charge in [-0.3, -0.25) is 4.79 Å². The summed E-state index contributed by atoms with van der Waals surface area (Å²) in [5.41, 5.74) is 0. The second kappa shape index (κ2) is 5.85. The van der Waals surface area contributed by atoms with Crippen molar-refractivity contribution in [2.45, 2.75) is 64.5 Å². The molecule has 3 nitrogen and oxygen atoms in total. The molecule has 2 N–H and O–H groups in total. The number of carbonyl (C=O) groups is 1. The number of carbonyl (C=O) groups excluding carboxylic acids is 1. The lowest BCUT2D eigenvalue weighted by Gasteiger charge is -2.36. The molecular weight excluding hydrogens is 212 g/mol. The van der Waals surface area contributed by atoms with Gasteiger partial charge in [-0.1, -0.05) is 26.7 Å². The normalized spacial score (nSPS) is 39.5. The van der Waals surface area contributed by atoms with Gasteiger partial charge in [-0.15, -0.1) is 0 Å². The van der Waals surface area contributed by atoms with Crippen LogP contribution in [0.2, 0.25) is 0 Å². The van der Waals surface area contributed by atoms with Crippen LogP contribution in [0.5, 0.6) is 0 Å². The third-order valence-electron chi connectivity index (χ3n) is 4.66. The lowest BCUT2D eigenvalue weighted by atomic mass is 9.77. The van der Waals surface area contributed by atoms with Crippen LogP contribution in [-0.2, 0) is 4.79 Å². The van der Waals surface area contributed by atoms with Crippen LogP contribution in [0.15, 0.2) is 0 Å². The average Bonchev–Trinajstić information content (AvgIpc) is 2.51. The van der Waals surface area contributed by atoms with Crippen LogP contribution in [0, 0.1) is 11.8 Å². The van der Waals surface area contributed by atoms with Crippen molar-refractivity contribution < 1.29 is 4.79 Å². The van der Waals surface area contributed by atoms with Crippen LogP contribution in [0.25, 0.3) is 0 Å². The molecule has 3 heteroatoms. The third-order valence-corrected chi connectivity index (χ3v) is 4.66. The van der Waals surface area contributed by atoms with E-state index in [0.717, 1.165) is 31.7 Å². The molecule has 1 saturated heterocycles. The van der Waals surface area contributed by atoms with E-state index in [9.17, 15) is 4.79 Å². The van der Waals surface area contributed by atoms with Gasteiger partial charge in [0.2, 0.25) is 5.91 Å². The topological polar surface area (TPSA) is 41.1 Å². The van der Waals surface area contributed by atoms with Crippen LogP contribution in [0.3, 0.4) is 0 Å². The van der Waals surface area contributed by atoms with Crippen LogP contribution < -0.4 is 10.6 Å². The first-order valence-corrected chi connectivity index (χ1v) is 7.22. The summed E-state index contributed by atoms with van der Waals surface area (Å²) in [5.74, 6) is 1.70. The molecule has 0 aromatic heterocycles. The zero-order valence-corrected chi connectivity index (χ0v) is 11.2. The second-order valence-electron chi connectivity index (χ2n) is 5.88. The molecule has 98 valence electrons. The van der Waals surface area contributed by atoms with Crippen molar-refractivity contribution in [3.63, 3.8) is 0 Å². The van der Waals surface area contributed by atoms with Crippen LogP contribution >= 0.6 is 0 Å². The molecule has 0 radical (unpaired) electrons. The average molecular weight is 238 g/mol. The van der Waals surface area contributed by atoms with Gasteiger partial charge in [-0.2, -0.15) is 0 Å². The Morgan fingerprint density at radius 2 is 1.94 bits per heavy atom. The Labute approximate surface area is 105 Å². The van der Waals surface area contributed by atoms with Crippen molar-refractivity contribution in [2.75, 3.05) is 6.54 Å². The predicted octanol–water partition coefficient (Wildman–Crippen LogP) is 2.07. The molecule has 0 bridgehead atoms. The van der Waals surface area contributed by atoms with Crippen molar-refractivity contribution in [2.24, 2.45) is 11.8 Å². The number of rotatable bonds is 2. The van der Waals surface area contributed by atoms with Crippen LogP contribution in [0.4, 0.5) is 0 Å². The van der Waals surface area contributed by atoms with Gasteiger partial charge in [-0.25, -0.2) is 0 Å². The lowest BCUT2D eigenvalue weighted by Crippen LogP contribution is -2.51. The van der Waals surface area contributed by atoms with E-state index in [2.05, 4.69) is 24.5 Å². The molecule has 1 saturated carbocycles. The van der Waals surface area contributed by atoms with Crippen LogP contribution in [-0.4, -0.2) is 24.5 Å². The monoisotopic (exact) mass is 238 g/mol. The third kappa shape index (κ3) is 3.21. The minimum atomic E-state index is 0.0512. The Hall–Kier alpha value is -0.570. The maximum Gasteiger partial charge on any atom is 0.237 e. The molecule has 17 heavy (non-hydrogen) atoms. The van der Waals surface area contributed by atoms with Gasteiger partial charge in [0.1, 0.15) is 0 Å². The molecular formula is C14H26N2O. The van der Waals surface area contributed by atoms with Crippen molar-refractivity contribution in [3.05, 3.63) is 0 Å². The van der Waals surface area contributed by atoms with E-state index in [4.69, 9.17) is 0 Å². The second-order valence-corrected chi connectivity index (χ2v) is 5.88. The van der Waals surface area contributed by atoms with E-state index in [1.54, 1.807) is 0 Å². The molecule has 2 aliphatic rings. The zero-order valence-electron chi connectivity index (χ0n) is 11.2. The lowest BCUT2D eigenvalue weighted by molar-refractivity contribution is -0.123. The first kappa shape index (κ1) is 12.9. The van der Waals surface area contributed by atoms with Crippen LogP contribution in [0.1, 0.15) is 52.4 Å². The highest BCUT2D eigenvalue weighted by atomic mass is 16.2. The fourth-order valence-electron chi connectivity index (χ4n) is 3.17. The Morgan fingerprint density at radius 3 is 2.76 bits per heavy atom. The largest absolute Gasteiger partial charge is 0.355 e. The Morgan fingerprint density at radius 1 is 1.12 bits per heavy atom. The van der Waals surface area contributed by atoms with Crippen molar-refractivity contribution in [3.8, 4) is 0 Å². The molecule has 2 fully saturated rings. The number of nitrogens with one attached hydrogen (secondary N) is 2. The first-order chi connectivity index (χ1) is 8.18. The summed E-state index contributed by atoms with van der Waals surface area (Å²) < 4.78 is 0. The number of hydrogen-bond donors (Lipinski definition) is 2. The summed E-state index contributed by atoms with van der Waals surface area (Å²) in [6.45, 7) is 5.52. The molecule has 1 aliphatic carbocycles. The van der Waals surface area contributed by atoms with E-state index < -0.39 is 0 Å². The van der Waals surface area contributed by atoms with E-state index in [-0.39, 0.29) is 11.9 Å². The first-order valence-electron chi connectivity index (χ1n) is 7.22. The van der Waals surface area contributed by atoms with Gasteiger partial charge < -0.3 is 10.6 Å². The van der Waals surface area contributed by atoms with Crippen molar-refractivity contribution >= 4 is 5.91 Å². The smallest absolute Gasteiger partial charge is 0.237 e. The molecule has 1 amide bonds. The van der Waals surface area contributed by atoms with Gasteiger partial charge in [0.05, 0.1) is 6.04 Å². The Kier molecular flexibility index (Phi) is 4.43. The van der Waals surface area contributed by atoms with Gasteiger partial charge in [0.25, 0.3) is 0 Å². The van der Waals surface area contributed by atoms with Gasteiger partial charge in [0, 0.05) is 12.6 Å². The van der Waals surface area contributed by atoms with Gasteiger partial charge in [0.15, 0.2) is 0 Å². The van der Waals surface area contributed by atoms with E-state index in [0.29, 0.717) is 12.0 Å². The number of hydrogen-bond acceptors (Lipinski definition) is 2. The van der Waals surface area contributed by atoms with E-state index in [1.165, 1.54) is 19.3 Å². The molecule has 0 spiro atoms. The van der Waals surface area contributed by atoms with Gasteiger partial charge >= 0.3 is 0 Å². The minimum absolute atomic E-state index is 0.0512. The minimum Gasteiger partial charge on any atom is -0.355 e. The highest BCUT2D eigenvalue weighted by Gasteiger charge is 2.30. The molecule has 1 aliphatic heterocycles. The fourth-order valence-corrected chi connectivity index (χ4v) is 3.17. The summed E-state index contributed by atoms with van der Waals surface area (Å²) in [4.78, 5) is 11.9. The zero-order chi connectivity index (χ0) is 12.3.